The molecule has 0 saturated heterocycles. The molecule has 1 N–H and O–H groups in total. The first kappa shape index (κ1) is 13.6. The Morgan fingerprint density at radius 1 is 0.737 bits per heavy atom. The van der Waals surface area contributed by atoms with Gasteiger partial charge >= 0.3 is 0 Å². The van der Waals surface area contributed by atoms with Crippen molar-refractivity contribution in [3.8, 4) is 0 Å². The van der Waals surface area contributed by atoms with Crippen molar-refractivity contribution in [1.29, 1.82) is 0 Å². The molecule has 0 fully saturated rings. The van der Waals surface area contributed by atoms with Crippen molar-refractivity contribution in [2.45, 2.75) is 19.6 Å². The molecule has 2 heteroatoms. The Bertz CT molecular complexity index is 520. The average molecular weight is 267 g/mol. The number of allylic oxidation sites excluding steroid dienone is 12. The van der Waals surface area contributed by atoms with E-state index in [-0.39, 0.29) is 0 Å². The zero-order valence-corrected chi connectivity index (χ0v) is 12.9. The van der Waals surface area contributed by atoms with Crippen LogP contribution in [0.4, 0.5) is 0 Å². The van der Waals surface area contributed by atoms with Gasteiger partial charge in [-0.1, -0.05) is 68.2 Å². The SMILES string of the molecule is C1=CC2=CC=CC2=C1.C[Si](C)(C)C1=CC=CC=CN1. The van der Waals surface area contributed by atoms with Crippen LogP contribution >= 0.6 is 0 Å². The molecular weight excluding hydrogens is 246 g/mol. The summed E-state index contributed by atoms with van der Waals surface area (Å²) < 4.78 is 0. The molecule has 0 radical (unpaired) electrons. The third-order valence-electron chi connectivity index (χ3n) is 3.06. The van der Waals surface area contributed by atoms with Gasteiger partial charge < -0.3 is 5.32 Å². The summed E-state index contributed by atoms with van der Waals surface area (Å²) in [5.41, 5.74) is 2.70. The average Bonchev–Trinajstić information content (AvgIpc) is 2.83. The van der Waals surface area contributed by atoms with E-state index in [1.54, 1.807) is 0 Å². The van der Waals surface area contributed by atoms with E-state index < -0.39 is 8.07 Å². The van der Waals surface area contributed by atoms with Crippen molar-refractivity contribution in [2.24, 2.45) is 0 Å². The van der Waals surface area contributed by atoms with Gasteiger partial charge in [-0.3, -0.25) is 0 Å². The van der Waals surface area contributed by atoms with E-state index in [1.807, 2.05) is 18.4 Å². The van der Waals surface area contributed by atoms with E-state index in [0.717, 1.165) is 0 Å². The van der Waals surface area contributed by atoms with Gasteiger partial charge in [-0.15, -0.1) is 0 Å². The molecule has 0 spiro atoms. The van der Waals surface area contributed by atoms with E-state index in [2.05, 4.69) is 73.6 Å². The summed E-state index contributed by atoms with van der Waals surface area (Å²) in [6.07, 6.45) is 22.9. The molecule has 0 atom stereocenters. The van der Waals surface area contributed by atoms with Crippen LogP contribution in [0.2, 0.25) is 19.6 Å². The van der Waals surface area contributed by atoms with Crippen LogP contribution in [0.25, 0.3) is 0 Å². The van der Waals surface area contributed by atoms with Crippen molar-refractivity contribution in [1.82, 2.24) is 5.32 Å². The molecule has 3 aliphatic rings. The van der Waals surface area contributed by atoms with Crippen LogP contribution in [0.1, 0.15) is 0 Å². The third kappa shape index (κ3) is 3.83. The van der Waals surface area contributed by atoms with Crippen LogP contribution in [-0.4, -0.2) is 8.07 Å². The van der Waals surface area contributed by atoms with Crippen molar-refractivity contribution >= 4 is 8.07 Å². The van der Waals surface area contributed by atoms with Crippen LogP contribution in [0.5, 0.6) is 0 Å². The first-order valence-corrected chi connectivity index (χ1v) is 10.1. The lowest BCUT2D eigenvalue weighted by Gasteiger charge is -2.19. The summed E-state index contributed by atoms with van der Waals surface area (Å²) in [5, 5.41) is 4.69. The minimum atomic E-state index is -1.14. The quantitative estimate of drug-likeness (QED) is 0.694. The topological polar surface area (TPSA) is 12.0 Å². The number of hydrogen-bond acceptors (Lipinski definition) is 1. The minimum absolute atomic E-state index is 1.14. The molecule has 0 bridgehead atoms. The Labute approximate surface area is 117 Å². The highest BCUT2D eigenvalue weighted by Gasteiger charge is 2.18. The van der Waals surface area contributed by atoms with Gasteiger partial charge in [0.15, 0.2) is 0 Å². The molecule has 3 rings (SSSR count). The number of nitrogens with one attached hydrogen (secondary N) is 1. The normalized spacial score (nSPS) is 18.8. The van der Waals surface area contributed by atoms with E-state index in [4.69, 9.17) is 0 Å². The van der Waals surface area contributed by atoms with Gasteiger partial charge in [0.2, 0.25) is 0 Å². The molecule has 0 aromatic rings. The molecule has 0 aromatic carbocycles. The Morgan fingerprint density at radius 3 is 1.95 bits per heavy atom. The molecule has 1 heterocycles. The van der Waals surface area contributed by atoms with E-state index in [9.17, 15) is 0 Å². The van der Waals surface area contributed by atoms with Crippen LogP contribution in [0.15, 0.2) is 83.4 Å². The van der Waals surface area contributed by atoms with Crippen molar-refractivity contribution in [3.63, 3.8) is 0 Å². The van der Waals surface area contributed by atoms with E-state index in [0.29, 0.717) is 0 Å². The van der Waals surface area contributed by atoms with Gasteiger partial charge in [0.05, 0.1) is 8.07 Å². The molecule has 1 aliphatic heterocycles. The predicted molar refractivity (Wildman–Crippen MR) is 87.3 cm³/mol. The van der Waals surface area contributed by atoms with Crippen molar-refractivity contribution in [3.05, 3.63) is 83.4 Å². The largest absolute Gasteiger partial charge is 0.369 e. The Morgan fingerprint density at radius 2 is 1.37 bits per heavy atom. The second-order valence-corrected chi connectivity index (χ2v) is 10.7. The van der Waals surface area contributed by atoms with Crippen LogP contribution in [0, 0.1) is 0 Å². The summed E-state index contributed by atoms with van der Waals surface area (Å²) in [4.78, 5) is 0. The highest BCUT2D eigenvalue weighted by molar-refractivity contribution is 6.83. The Hall–Kier alpha value is -1.80. The highest BCUT2D eigenvalue weighted by atomic mass is 28.3. The molecule has 0 unspecified atom stereocenters. The minimum Gasteiger partial charge on any atom is -0.369 e. The van der Waals surface area contributed by atoms with Crippen LogP contribution in [-0.2, 0) is 0 Å². The number of rotatable bonds is 1. The molecular formula is C17H21NSi. The fourth-order valence-corrected chi connectivity index (χ4v) is 3.04. The van der Waals surface area contributed by atoms with Crippen molar-refractivity contribution in [2.75, 3.05) is 0 Å². The molecule has 0 aromatic heterocycles. The standard InChI is InChI=1S/C9H15NSi.C8H6/c1-11(2,3)9-7-5-4-6-8-10-9;1-3-7-5-2-6-8(7)4-1/h4-8,10H,1-3H3;1-6H. The lowest BCUT2D eigenvalue weighted by atomic mass is 10.2. The fourth-order valence-electron chi connectivity index (χ4n) is 1.93. The van der Waals surface area contributed by atoms with Gasteiger partial charge in [0, 0.05) is 6.20 Å². The summed E-state index contributed by atoms with van der Waals surface area (Å²) in [5.74, 6) is 0. The van der Waals surface area contributed by atoms with Crippen LogP contribution < -0.4 is 5.32 Å². The van der Waals surface area contributed by atoms with E-state index in [1.165, 1.54) is 16.5 Å². The Balaban J connectivity index is 0.000000146. The van der Waals surface area contributed by atoms with Gasteiger partial charge in [-0.25, -0.2) is 0 Å². The second-order valence-electron chi connectivity index (χ2n) is 5.68. The van der Waals surface area contributed by atoms with Gasteiger partial charge in [-0.2, -0.15) is 0 Å². The van der Waals surface area contributed by atoms with E-state index >= 15 is 0 Å². The molecule has 0 amide bonds. The molecule has 19 heavy (non-hydrogen) atoms. The van der Waals surface area contributed by atoms with Gasteiger partial charge in [-0.05, 0) is 28.6 Å². The summed E-state index contributed by atoms with van der Waals surface area (Å²) in [7, 11) is -1.14. The number of fused-ring (bicyclic) bond motifs is 1. The smallest absolute Gasteiger partial charge is 0.0981 e. The molecule has 98 valence electrons. The second kappa shape index (κ2) is 5.89. The fraction of sp³-hybridized carbons (Fsp3) is 0.176. The maximum Gasteiger partial charge on any atom is 0.0981 e. The maximum absolute atomic E-state index is 3.30. The predicted octanol–water partition coefficient (Wildman–Crippen LogP) is 4.40. The summed E-state index contributed by atoms with van der Waals surface area (Å²) in [6, 6.07) is 0. The first-order chi connectivity index (χ1) is 9.07. The van der Waals surface area contributed by atoms with Crippen LogP contribution in [0.3, 0.4) is 0 Å². The third-order valence-corrected chi connectivity index (χ3v) is 4.99. The molecule has 2 aliphatic carbocycles. The lowest BCUT2D eigenvalue weighted by Crippen LogP contribution is -2.31. The van der Waals surface area contributed by atoms with Gasteiger partial charge in [0.1, 0.15) is 0 Å². The van der Waals surface area contributed by atoms with Gasteiger partial charge in [0.25, 0.3) is 0 Å². The molecule has 1 nitrogen and oxygen atoms in total. The summed E-state index contributed by atoms with van der Waals surface area (Å²) in [6.45, 7) is 7.00. The monoisotopic (exact) mass is 267 g/mol. The zero-order valence-electron chi connectivity index (χ0n) is 11.9. The highest BCUT2D eigenvalue weighted by Crippen LogP contribution is 2.23. The Kier molecular flexibility index (Phi) is 4.22. The first-order valence-electron chi connectivity index (χ1n) is 6.65. The molecule has 0 saturated carbocycles. The summed E-state index contributed by atoms with van der Waals surface area (Å²) >= 11 is 0. The van der Waals surface area contributed by atoms with Crippen molar-refractivity contribution < 1.29 is 0 Å². The number of hydrogen-bond donors (Lipinski definition) is 1. The zero-order chi connectivity index (χ0) is 13.7. The lowest BCUT2D eigenvalue weighted by molar-refractivity contribution is 1.14. The maximum atomic E-state index is 3.30.